The predicted octanol–water partition coefficient (Wildman–Crippen LogP) is 3.60. The Morgan fingerprint density at radius 1 is 1.33 bits per heavy atom. The van der Waals surface area contributed by atoms with Gasteiger partial charge in [0.05, 0.1) is 0 Å². The topological polar surface area (TPSA) is 15.3 Å². The molecular formula is C15H25FN2. The van der Waals surface area contributed by atoms with Gasteiger partial charge in [-0.25, -0.2) is 4.39 Å². The van der Waals surface area contributed by atoms with Crippen LogP contribution in [0.2, 0.25) is 0 Å². The predicted molar refractivity (Wildman–Crippen MR) is 76.4 cm³/mol. The van der Waals surface area contributed by atoms with Gasteiger partial charge in [-0.1, -0.05) is 26.8 Å². The molecule has 0 aromatic heterocycles. The number of rotatable bonds is 5. The molecule has 0 aliphatic rings. The molecule has 0 aliphatic carbocycles. The normalized spacial score (nSPS) is 13.7. The first-order chi connectivity index (χ1) is 8.30. The third-order valence-corrected chi connectivity index (χ3v) is 3.53. The monoisotopic (exact) mass is 252 g/mol. The third kappa shape index (κ3) is 4.65. The first kappa shape index (κ1) is 15.0. The van der Waals surface area contributed by atoms with Gasteiger partial charge in [0.2, 0.25) is 0 Å². The van der Waals surface area contributed by atoms with Crippen LogP contribution in [0.5, 0.6) is 0 Å². The Bertz CT molecular complexity index is 371. The van der Waals surface area contributed by atoms with Crippen LogP contribution in [0.4, 0.5) is 10.1 Å². The van der Waals surface area contributed by atoms with E-state index in [9.17, 15) is 4.39 Å². The van der Waals surface area contributed by atoms with E-state index in [2.05, 4.69) is 45.0 Å². The van der Waals surface area contributed by atoms with Crippen molar-refractivity contribution in [3.63, 3.8) is 0 Å². The number of nitrogens with one attached hydrogen (secondary N) is 1. The Morgan fingerprint density at radius 2 is 2.00 bits per heavy atom. The van der Waals surface area contributed by atoms with Gasteiger partial charge < -0.3 is 10.2 Å². The molecule has 1 aromatic carbocycles. The third-order valence-electron chi connectivity index (χ3n) is 3.53. The molecule has 1 atom stereocenters. The standard InChI is InChI=1S/C15H25FN2/c1-12(15(2,3)4)18(5)10-9-17-14-8-6-7-13(16)11-14/h6-8,11-12,17H,9-10H2,1-5H3. The highest BCUT2D eigenvalue weighted by Gasteiger charge is 2.23. The number of halogens is 1. The summed E-state index contributed by atoms with van der Waals surface area (Å²) in [6.07, 6.45) is 0. The average Bonchev–Trinajstić information content (AvgIpc) is 2.26. The first-order valence-corrected chi connectivity index (χ1v) is 6.50. The largest absolute Gasteiger partial charge is 0.384 e. The van der Waals surface area contributed by atoms with E-state index in [1.165, 1.54) is 12.1 Å². The molecule has 0 saturated carbocycles. The van der Waals surface area contributed by atoms with Crippen LogP contribution in [-0.2, 0) is 0 Å². The number of hydrogen-bond acceptors (Lipinski definition) is 2. The van der Waals surface area contributed by atoms with Crippen LogP contribution in [0.3, 0.4) is 0 Å². The summed E-state index contributed by atoms with van der Waals surface area (Å²) in [7, 11) is 2.13. The van der Waals surface area contributed by atoms with Gasteiger partial charge in [0.1, 0.15) is 5.82 Å². The molecule has 1 unspecified atom stereocenters. The van der Waals surface area contributed by atoms with Crippen LogP contribution in [0.25, 0.3) is 0 Å². The van der Waals surface area contributed by atoms with E-state index in [-0.39, 0.29) is 11.2 Å². The van der Waals surface area contributed by atoms with Crippen LogP contribution in [0.15, 0.2) is 24.3 Å². The molecule has 0 saturated heterocycles. The second-order valence-electron chi connectivity index (χ2n) is 5.96. The van der Waals surface area contributed by atoms with Crippen LogP contribution < -0.4 is 5.32 Å². The summed E-state index contributed by atoms with van der Waals surface area (Å²) in [5.41, 5.74) is 1.11. The summed E-state index contributed by atoms with van der Waals surface area (Å²) >= 11 is 0. The number of likely N-dealkylation sites (N-methyl/N-ethyl adjacent to an activating group) is 1. The Hall–Kier alpha value is -1.09. The van der Waals surface area contributed by atoms with Crippen molar-refractivity contribution in [2.24, 2.45) is 5.41 Å². The van der Waals surface area contributed by atoms with E-state index >= 15 is 0 Å². The van der Waals surface area contributed by atoms with Gasteiger partial charge in [-0.15, -0.1) is 0 Å². The van der Waals surface area contributed by atoms with E-state index in [1.54, 1.807) is 6.07 Å². The van der Waals surface area contributed by atoms with Crippen molar-refractivity contribution < 1.29 is 4.39 Å². The molecule has 0 bridgehead atoms. The molecule has 1 N–H and O–H groups in total. The van der Waals surface area contributed by atoms with E-state index in [4.69, 9.17) is 0 Å². The molecule has 0 fully saturated rings. The Balaban J connectivity index is 2.38. The van der Waals surface area contributed by atoms with E-state index in [0.29, 0.717) is 6.04 Å². The SMILES string of the molecule is CC(N(C)CCNc1cccc(F)c1)C(C)(C)C. The summed E-state index contributed by atoms with van der Waals surface area (Å²) in [5.74, 6) is -0.198. The van der Waals surface area contributed by atoms with Crippen LogP contribution >= 0.6 is 0 Å². The fraction of sp³-hybridized carbons (Fsp3) is 0.600. The highest BCUT2D eigenvalue weighted by molar-refractivity contribution is 5.42. The van der Waals surface area contributed by atoms with Gasteiger partial charge in [-0.2, -0.15) is 0 Å². The highest BCUT2D eigenvalue weighted by Crippen LogP contribution is 2.22. The van der Waals surface area contributed by atoms with Gasteiger partial charge in [-0.3, -0.25) is 0 Å². The zero-order valence-corrected chi connectivity index (χ0v) is 12.1. The minimum atomic E-state index is -0.198. The van der Waals surface area contributed by atoms with Crippen molar-refractivity contribution in [1.29, 1.82) is 0 Å². The second-order valence-corrected chi connectivity index (χ2v) is 5.96. The number of hydrogen-bond donors (Lipinski definition) is 1. The maximum absolute atomic E-state index is 13.0. The number of nitrogens with zero attached hydrogens (tertiary/aromatic N) is 1. The maximum atomic E-state index is 13.0. The van der Waals surface area contributed by atoms with Crippen molar-refractivity contribution >= 4 is 5.69 Å². The molecule has 0 spiro atoms. The van der Waals surface area contributed by atoms with Crippen LogP contribution in [0.1, 0.15) is 27.7 Å². The molecule has 18 heavy (non-hydrogen) atoms. The molecular weight excluding hydrogens is 227 g/mol. The summed E-state index contributed by atoms with van der Waals surface area (Å²) in [6, 6.07) is 7.09. The van der Waals surface area contributed by atoms with Gasteiger partial charge >= 0.3 is 0 Å². The zero-order chi connectivity index (χ0) is 13.8. The van der Waals surface area contributed by atoms with Gasteiger partial charge in [0.15, 0.2) is 0 Å². The molecule has 0 amide bonds. The van der Waals surface area contributed by atoms with E-state index < -0.39 is 0 Å². The van der Waals surface area contributed by atoms with Crippen molar-refractivity contribution in [1.82, 2.24) is 4.90 Å². The fourth-order valence-corrected chi connectivity index (χ4v) is 1.83. The lowest BCUT2D eigenvalue weighted by Gasteiger charge is -2.35. The summed E-state index contributed by atoms with van der Waals surface area (Å²) in [5, 5.41) is 3.24. The van der Waals surface area contributed by atoms with Gasteiger partial charge in [0, 0.05) is 24.8 Å². The first-order valence-electron chi connectivity index (χ1n) is 6.50. The quantitative estimate of drug-likeness (QED) is 0.861. The molecule has 0 heterocycles. The van der Waals surface area contributed by atoms with Crippen molar-refractivity contribution in [3.8, 4) is 0 Å². The van der Waals surface area contributed by atoms with E-state index in [0.717, 1.165) is 18.8 Å². The van der Waals surface area contributed by atoms with Crippen molar-refractivity contribution in [2.75, 3.05) is 25.5 Å². The number of benzene rings is 1. The number of anilines is 1. The smallest absolute Gasteiger partial charge is 0.125 e. The van der Waals surface area contributed by atoms with Crippen LogP contribution in [0, 0.1) is 11.2 Å². The lowest BCUT2D eigenvalue weighted by Crippen LogP contribution is -2.41. The second kappa shape index (κ2) is 6.19. The van der Waals surface area contributed by atoms with Gasteiger partial charge in [0.25, 0.3) is 0 Å². The molecule has 2 nitrogen and oxygen atoms in total. The summed E-state index contributed by atoms with van der Waals surface area (Å²) in [6.45, 7) is 10.7. The molecule has 1 aromatic rings. The molecule has 1 rings (SSSR count). The van der Waals surface area contributed by atoms with Crippen molar-refractivity contribution in [3.05, 3.63) is 30.1 Å². The zero-order valence-electron chi connectivity index (χ0n) is 12.1. The lowest BCUT2D eigenvalue weighted by molar-refractivity contribution is 0.146. The van der Waals surface area contributed by atoms with Gasteiger partial charge in [-0.05, 0) is 37.6 Å². The molecule has 0 radical (unpaired) electrons. The summed E-state index contributed by atoms with van der Waals surface area (Å²) < 4.78 is 13.0. The maximum Gasteiger partial charge on any atom is 0.125 e. The summed E-state index contributed by atoms with van der Waals surface area (Å²) in [4.78, 5) is 2.33. The van der Waals surface area contributed by atoms with Crippen molar-refractivity contribution in [2.45, 2.75) is 33.7 Å². The van der Waals surface area contributed by atoms with Crippen LogP contribution in [-0.4, -0.2) is 31.1 Å². The molecule has 102 valence electrons. The molecule has 3 heteroatoms. The Labute approximate surface area is 110 Å². The Kier molecular flexibility index (Phi) is 5.15. The average molecular weight is 252 g/mol. The Morgan fingerprint density at radius 3 is 2.56 bits per heavy atom. The fourth-order valence-electron chi connectivity index (χ4n) is 1.83. The highest BCUT2D eigenvalue weighted by atomic mass is 19.1. The lowest BCUT2D eigenvalue weighted by atomic mass is 9.87. The van der Waals surface area contributed by atoms with E-state index in [1.807, 2.05) is 6.07 Å². The minimum Gasteiger partial charge on any atom is -0.384 e. The minimum absolute atomic E-state index is 0.198. The molecule has 0 aliphatic heterocycles.